The number of ether oxygens (including phenoxy) is 2. The molecule has 3 N–H and O–H groups in total. The van der Waals surface area contributed by atoms with Crippen molar-refractivity contribution in [2.75, 3.05) is 18.4 Å². The van der Waals surface area contributed by atoms with Gasteiger partial charge in [0.15, 0.2) is 0 Å². The summed E-state index contributed by atoms with van der Waals surface area (Å²) in [7, 11) is 0. The second-order valence-corrected chi connectivity index (χ2v) is 13.1. The highest BCUT2D eigenvalue weighted by Gasteiger charge is 2.32. The summed E-state index contributed by atoms with van der Waals surface area (Å²) in [5.74, 6) is 0.828. The van der Waals surface area contributed by atoms with E-state index in [1.165, 1.54) is 17.1 Å². The van der Waals surface area contributed by atoms with E-state index in [1.54, 1.807) is 39.1 Å². The van der Waals surface area contributed by atoms with Gasteiger partial charge in [0.1, 0.15) is 35.4 Å². The number of imidazole rings is 1. The van der Waals surface area contributed by atoms with Crippen molar-refractivity contribution in [3.05, 3.63) is 53.3 Å². The molecule has 0 saturated heterocycles. The minimum absolute atomic E-state index is 0.0807. The van der Waals surface area contributed by atoms with Crippen molar-refractivity contribution in [3.8, 4) is 0 Å². The van der Waals surface area contributed by atoms with E-state index < -0.39 is 23.7 Å². The summed E-state index contributed by atoms with van der Waals surface area (Å²) in [6.07, 6.45) is 6.09. The maximum Gasteiger partial charge on any atom is 0.419 e. The highest BCUT2D eigenvalue weighted by molar-refractivity contribution is 6.33. The van der Waals surface area contributed by atoms with Crippen LogP contribution in [0.5, 0.6) is 0 Å². The molecule has 44 heavy (non-hydrogen) atoms. The number of anilines is 2. The molecule has 3 heterocycles. The lowest BCUT2D eigenvalue weighted by molar-refractivity contribution is 0.0527. The summed E-state index contributed by atoms with van der Waals surface area (Å²) < 4.78 is 14.1. The van der Waals surface area contributed by atoms with Crippen LogP contribution in [0.1, 0.15) is 89.3 Å². The Morgan fingerprint density at radius 2 is 1.82 bits per heavy atom. The highest BCUT2D eigenvalue weighted by atomic mass is 35.5. The third kappa shape index (κ3) is 8.94. The van der Waals surface area contributed by atoms with Crippen molar-refractivity contribution in [1.82, 2.24) is 34.9 Å². The molecule has 0 aromatic carbocycles. The van der Waals surface area contributed by atoms with Crippen LogP contribution in [-0.4, -0.2) is 67.2 Å². The van der Waals surface area contributed by atoms with Gasteiger partial charge in [0.2, 0.25) is 0 Å². The number of carbonyl (C=O) groups excluding carboxylic acids is 3. The van der Waals surface area contributed by atoms with Gasteiger partial charge in [-0.3, -0.25) is 4.79 Å². The Bertz CT molecular complexity index is 1460. The van der Waals surface area contributed by atoms with Crippen LogP contribution in [0.4, 0.5) is 21.2 Å². The Balaban J connectivity index is 1.38. The Hall–Kier alpha value is -4.13. The maximum atomic E-state index is 12.9. The summed E-state index contributed by atoms with van der Waals surface area (Å²) in [6.45, 7) is 12.2. The number of carbonyl (C=O) groups is 3. The van der Waals surface area contributed by atoms with Crippen LogP contribution in [0.15, 0.2) is 36.9 Å². The molecule has 0 aliphatic heterocycles. The first-order valence-corrected chi connectivity index (χ1v) is 15.1. The van der Waals surface area contributed by atoms with Gasteiger partial charge < -0.3 is 25.4 Å². The second kappa shape index (κ2) is 13.7. The number of nitrogens with zero attached hydrogens (tertiary/aromatic N) is 5. The molecule has 0 radical (unpaired) electrons. The number of hydrogen-bond donors (Lipinski definition) is 3. The molecule has 13 nitrogen and oxygen atoms in total. The summed E-state index contributed by atoms with van der Waals surface area (Å²) >= 11 is 6.33. The van der Waals surface area contributed by atoms with E-state index in [0.717, 1.165) is 18.5 Å². The molecule has 2 atom stereocenters. The number of rotatable bonds is 9. The fourth-order valence-electron chi connectivity index (χ4n) is 4.77. The van der Waals surface area contributed by atoms with E-state index in [4.69, 9.17) is 26.2 Å². The van der Waals surface area contributed by atoms with Crippen molar-refractivity contribution in [2.24, 2.45) is 0 Å². The molecule has 0 spiro atoms. The van der Waals surface area contributed by atoms with Gasteiger partial charge in [-0.2, -0.15) is 5.10 Å². The van der Waals surface area contributed by atoms with E-state index in [2.05, 4.69) is 25.9 Å². The largest absolute Gasteiger partial charge is 0.446 e. The van der Waals surface area contributed by atoms with E-state index in [1.807, 2.05) is 31.5 Å². The van der Waals surface area contributed by atoms with Crippen LogP contribution in [0.3, 0.4) is 0 Å². The zero-order valence-electron chi connectivity index (χ0n) is 26.0. The minimum Gasteiger partial charge on any atom is -0.446 e. The molecule has 1 aliphatic carbocycles. The predicted octanol–water partition coefficient (Wildman–Crippen LogP) is 5.59. The molecule has 3 aromatic heterocycles. The number of alkyl carbamates (subject to hydrolysis) is 1. The molecule has 2 amide bonds. The number of halogens is 1. The average molecular weight is 629 g/mol. The predicted molar refractivity (Wildman–Crippen MR) is 165 cm³/mol. The maximum absolute atomic E-state index is 12.9. The third-order valence-electron chi connectivity index (χ3n) is 6.77. The second-order valence-electron chi connectivity index (χ2n) is 12.7. The third-order valence-corrected chi connectivity index (χ3v) is 7.08. The number of nitrogens with one attached hydrogen (secondary N) is 3. The van der Waals surface area contributed by atoms with Crippen molar-refractivity contribution in [2.45, 2.75) is 90.4 Å². The fourth-order valence-corrected chi connectivity index (χ4v) is 4.96. The van der Waals surface area contributed by atoms with Crippen LogP contribution >= 0.6 is 11.6 Å². The monoisotopic (exact) mass is 628 g/mol. The van der Waals surface area contributed by atoms with Gasteiger partial charge in [-0.1, -0.05) is 11.6 Å². The van der Waals surface area contributed by atoms with Crippen LogP contribution in [0, 0.1) is 0 Å². The molecule has 4 rings (SSSR count). The topological polar surface area (TPSA) is 154 Å². The molecule has 1 fully saturated rings. The van der Waals surface area contributed by atoms with Crippen LogP contribution in [-0.2, 0) is 15.0 Å². The Morgan fingerprint density at radius 1 is 1.07 bits per heavy atom. The molecule has 238 valence electrons. The standard InChI is InChI=1S/C30H41ClN8O5/c1-29(2,3)39-24(17-22(37-39)19-8-9-20(16-19)43-28(42)38-15-14-32-18-38)35-23-11-10-21(31)25(36-23)26(40)33-12-7-13-34-27(41)44-30(4,5)6/h10-11,14-15,17-20H,7-9,12-13,16H2,1-6H3,(H,33,40)(H,34,41)(H,35,36)/t19-,20+/m0/s1. The number of amides is 2. The summed E-state index contributed by atoms with van der Waals surface area (Å²) in [4.78, 5) is 45.4. The van der Waals surface area contributed by atoms with Crippen LogP contribution in [0.2, 0.25) is 5.02 Å². The van der Waals surface area contributed by atoms with Gasteiger partial charge in [0.05, 0.1) is 16.3 Å². The van der Waals surface area contributed by atoms with E-state index >= 15 is 0 Å². The smallest absolute Gasteiger partial charge is 0.419 e. The molecule has 14 heteroatoms. The van der Waals surface area contributed by atoms with Crippen LogP contribution < -0.4 is 16.0 Å². The fraction of sp³-hybridized carbons (Fsp3) is 0.533. The van der Waals surface area contributed by atoms with Crippen LogP contribution in [0.25, 0.3) is 0 Å². The van der Waals surface area contributed by atoms with E-state index in [0.29, 0.717) is 37.6 Å². The van der Waals surface area contributed by atoms with Gasteiger partial charge in [-0.15, -0.1) is 0 Å². The highest BCUT2D eigenvalue weighted by Crippen LogP contribution is 2.38. The SMILES string of the molecule is CC(C)(C)OC(=O)NCCCNC(=O)c1nc(Nc2cc([C@H]3CC[C@@H](OC(=O)n4ccnc4)C3)nn2C(C)(C)C)ccc1Cl. The number of hydrogen-bond acceptors (Lipinski definition) is 9. The van der Waals surface area contributed by atoms with Crippen molar-refractivity contribution in [3.63, 3.8) is 0 Å². The molecule has 1 saturated carbocycles. The molecule has 0 unspecified atom stereocenters. The summed E-state index contributed by atoms with van der Waals surface area (Å²) in [6, 6.07) is 5.29. The Labute approximate surface area is 262 Å². The quantitative estimate of drug-likeness (QED) is 0.257. The normalized spacial score (nSPS) is 16.8. The van der Waals surface area contributed by atoms with Gasteiger partial charge in [0.25, 0.3) is 5.91 Å². The number of pyridine rings is 1. The summed E-state index contributed by atoms with van der Waals surface area (Å²) in [5, 5.41) is 13.9. The molecule has 1 aliphatic rings. The zero-order valence-corrected chi connectivity index (χ0v) is 26.8. The van der Waals surface area contributed by atoms with E-state index in [-0.39, 0.29) is 28.3 Å². The Morgan fingerprint density at radius 3 is 2.50 bits per heavy atom. The first-order chi connectivity index (χ1) is 20.7. The minimum atomic E-state index is -0.580. The van der Waals surface area contributed by atoms with E-state index in [9.17, 15) is 14.4 Å². The lowest BCUT2D eigenvalue weighted by atomic mass is 10.0. The van der Waals surface area contributed by atoms with Gasteiger partial charge in [-0.25, -0.2) is 28.8 Å². The average Bonchev–Trinajstić information content (AvgIpc) is 3.69. The Kier molecular flexibility index (Phi) is 10.2. The summed E-state index contributed by atoms with van der Waals surface area (Å²) in [5.41, 5.74) is 0.0309. The zero-order chi connectivity index (χ0) is 32.1. The van der Waals surface area contributed by atoms with Gasteiger partial charge in [-0.05, 0) is 79.4 Å². The molecular formula is C30H41ClN8O5. The molecule has 0 bridgehead atoms. The van der Waals surface area contributed by atoms with Crippen molar-refractivity contribution >= 4 is 41.3 Å². The van der Waals surface area contributed by atoms with Crippen molar-refractivity contribution < 1.29 is 23.9 Å². The van der Waals surface area contributed by atoms with Gasteiger partial charge >= 0.3 is 12.2 Å². The van der Waals surface area contributed by atoms with Gasteiger partial charge in [0, 0.05) is 37.5 Å². The molecular weight excluding hydrogens is 588 g/mol. The molecule has 3 aromatic rings. The first-order valence-electron chi connectivity index (χ1n) is 14.7. The number of aromatic nitrogens is 5. The first kappa shape index (κ1) is 32.8. The lowest BCUT2D eigenvalue weighted by Gasteiger charge is -2.23. The lowest BCUT2D eigenvalue weighted by Crippen LogP contribution is -2.34. The van der Waals surface area contributed by atoms with Crippen molar-refractivity contribution in [1.29, 1.82) is 0 Å².